The van der Waals surface area contributed by atoms with Gasteiger partial charge in [0, 0.05) is 0 Å². The Balaban J connectivity index is 2.56. The van der Waals surface area contributed by atoms with Crippen LogP contribution in [0.1, 0.15) is 45.6 Å². The molecule has 0 radical (unpaired) electrons. The number of hydrogen-bond acceptors (Lipinski definition) is 1. The van der Waals surface area contributed by atoms with E-state index in [2.05, 4.69) is 20.8 Å². The van der Waals surface area contributed by atoms with Gasteiger partial charge in [-0.2, -0.15) is 0 Å². The highest BCUT2D eigenvalue weighted by Crippen LogP contribution is 2.22. The summed E-state index contributed by atoms with van der Waals surface area (Å²) in [5.74, 6) is 1.92. The highest BCUT2D eigenvalue weighted by molar-refractivity contribution is 5.26. The van der Waals surface area contributed by atoms with Gasteiger partial charge in [-0.1, -0.05) is 45.7 Å². The number of phenolic OH excluding ortho intramolecular Hbond substituents is 1. The molecule has 1 nitrogen and oxygen atoms in total. The first-order valence-corrected chi connectivity index (χ1v) is 6.39. The van der Waals surface area contributed by atoms with Gasteiger partial charge >= 0.3 is 0 Å². The van der Waals surface area contributed by atoms with Crippen LogP contribution in [0.2, 0.25) is 0 Å². The van der Waals surface area contributed by atoms with Gasteiger partial charge in [0.05, 0.1) is 0 Å². The van der Waals surface area contributed by atoms with Gasteiger partial charge < -0.3 is 5.11 Å². The molecule has 1 N–H and O–H groups in total. The first-order chi connectivity index (χ1) is 7.61. The van der Waals surface area contributed by atoms with E-state index < -0.39 is 0 Å². The van der Waals surface area contributed by atoms with Crippen LogP contribution in [-0.4, -0.2) is 5.11 Å². The Morgan fingerprint density at radius 3 is 2.25 bits per heavy atom. The molecule has 1 aromatic rings. The Morgan fingerprint density at radius 2 is 1.75 bits per heavy atom. The zero-order valence-electron chi connectivity index (χ0n) is 10.7. The fourth-order valence-electron chi connectivity index (χ4n) is 2.34. The maximum absolute atomic E-state index is 9.24. The van der Waals surface area contributed by atoms with Gasteiger partial charge in [0.25, 0.3) is 0 Å². The summed E-state index contributed by atoms with van der Waals surface area (Å²) in [5.41, 5.74) is 1.34. The van der Waals surface area contributed by atoms with E-state index in [4.69, 9.17) is 0 Å². The minimum atomic E-state index is 0.361. The molecule has 1 unspecified atom stereocenters. The quantitative estimate of drug-likeness (QED) is 0.753. The molecule has 1 heteroatoms. The Morgan fingerprint density at radius 1 is 1.12 bits per heavy atom. The average Bonchev–Trinajstić information content (AvgIpc) is 2.21. The molecule has 0 amide bonds. The SMILES string of the molecule is CCCC(Cc1ccc(O)cc1)CC(C)C. The fourth-order valence-corrected chi connectivity index (χ4v) is 2.34. The Labute approximate surface area is 99.5 Å². The lowest BCUT2D eigenvalue weighted by Gasteiger charge is -2.18. The first kappa shape index (κ1) is 13.1. The Kier molecular flexibility index (Phi) is 5.37. The van der Waals surface area contributed by atoms with Crippen molar-refractivity contribution in [3.8, 4) is 5.75 Å². The minimum absolute atomic E-state index is 0.361. The fraction of sp³-hybridized carbons (Fsp3) is 0.600. The predicted molar refractivity (Wildman–Crippen MR) is 69.7 cm³/mol. The lowest BCUT2D eigenvalue weighted by atomic mass is 9.88. The standard InChI is InChI=1S/C15H24O/c1-4-5-14(10-12(2)3)11-13-6-8-15(16)9-7-13/h6-9,12,14,16H,4-5,10-11H2,1-3H3. The van der Waals surface area contributed by atoms with Gasteiger partial charge in [-0.25, -0.2) is 0 Å². The van der Waals surface area contributed by atoms with Gasteiger partial charge in [-0.15, -0.1) is 0 Å². The van der Waals surface area contributed by atoms with Crippen molar-refractivity contribution in [1.82, 2.24) is 0 Å². The second-order valence-corrected chi connectivity index (χ2v) is 5.15. The third-order valence-electron chi connectivity index (χ3n) is 2.96. The van der Waals surface area contributed by atoms with E-state index in [9.17, 15) is 5.11 Å². The molecule has 0 aromatic heterocycles. The molecule has 16 heavy (non-hydrogen) atoms. The number of phenols is 1. The van der Waals surface area contributed by atoms with Crippen LogP contribution in [0.5, 0.6) is 5.75 Å². The topological polar surface area (TPSA) is 20.2 Å². The maximum Gasteiger partial charge on any atom is 0.115 e. The van der Waals surface area contributed by atoms with E-state index in [1.54, 1.807) is 12.1 Å². The van der Waals surface area contributed by atoms with E-state index in [1.165, 1.54) is 24.8 Å². The van der Waals surface area contributed by atoms with Crippen LogP contribution in [0.25, 0.3) is 0 Å². The van der Waals surface area contributed by atoms with Crippen molar-refractivity contribution in [2.75, 3.05) is 0 Å². The van der Waals surface area contributed by atoms with E-state index >= 15 is 0 Å². The van der Waals surface area contributed by atoms with E-state index in [0.29, 0.717) is 5.75 Å². The Hall–Kier alpha value is -0.980. The molecule has 0 bridgehead atoms. The van der Waals surface area contributed by atoms with Crippen LogP contribution in [0.4, 0.5) is 0 Å². The monoisotopic (exact) mass is 220 g/mol. The van der Waals surface area contributed by atoms with Crippen molar-refractivity contribution in [3.05, 3.63) is 29.8 Å². The number of benzene rings is 1. The third kappa shape index (κ3) is 4.69. The minimum Gasteiger partial charge on any atom is -0.508 e. The van der Waals surface area contributed by atoms with E-state index in [0.717, 1.165) is 18.3 Å². The summed E-state index contributed by atoms with van der Waals surface area (Å²) in [6, 6.07) is 7.65. The molecule has 0 aliphatic heterocycles. The summed E-state index contributed by atoms with van der Waals surface area (Å²) < 4.78 is 0. The van der Waals surface area contributed by atoms with Crippen molar-refractivity contribution >= 4 is 0 Å². The van der Waals surface area contributed by atoms with Gasteiger partial charge in [-0.05, 0) is 42.4 Å². The van der Waals surface area contributed by atoms with Crippen LogP contribution in [0.15, 0.2) is 24.3 Å². The number of rotatable bonds is 6. The first-order valence-electron chi connectivity index (χ1n) is 6.39. The second kappa shape index (κ2) is 6.57. The van der Waals surface area contributed by atoms with Gasteiger partial charge in [0.2, 0.25) is 0 Å². The molecule has 0 aliphatic carbocycles. The smallest absolute Gasteiger partial charge is 0.115 e. The molecule has 1 atom stereocenters. The van der Waals surface area contributed by atoms with Crippen LogP contribution in [-0.2, 0) is 6.42 Å². The summed E-state index contributed by atoms with van der Waals surface area (Å²) in [4.78, 5) is 0. The van der Waals surface area contributed by atoms with Gasteiger partial charge in [-0.3, -0.25) is 0 Å². The molecular weight excluding hydrogens is 196 g/mol. The zero-order chi connectivity index (χ0) is 12.0. The zero-order valence-corrected chi connectivity index (χ0v) is 10.7. The lowest BCUT2D eigenvalue weighted by molar-refractivity contribution is 0.380. The number of aromatic hydroxyl groups is 1. The summed E-state index contributed by atoms with van der Waals surface area (Å²) in [6.07, 6.45) is 5.01. The Bertz CT molecular complexity index is 287. The van der Waals surface area contributed by atoms with E-state index in [-0.39, 0.29) is 0 Å². The average molecular weight is 220 g/mol. The van der Waals surface area contributed by atoms with Crippen molar-refractivity contribution in [3.63, 3.8) is 0 Å². The molecule has 1 aromatic carbocycles. The van der Waals surface area contributed by atoms with Crippen molar-refractivity contribution in [1.29, 1.82) is 0 Å². The highest BCUT2D eigenvalue weighted by Gasteiger charge is 2.10. The molecule has 0 aliphatic rings. The third-order valence-corrected chi connectivity index (χ3v) is 2.96. The molecule has 0 saturated heterocycles. The maximum atomic E-state index is 9.24. The molecular formula is C15H24O. The summed E-state index contributed by atoms with van der Waals surface area (Å²) in [5, 5.41) is 9.24. The summed E-state index contributed by atoms with van der Waals surface area (Å²) >= 11 is 0. The molecule has 90 valence electrons. The van der Waals surface area contributed by atoms with Gasteiger partial charge in [0.15, 0.2) is 0 Å². The molecule has 0 heterocycles. The lowest BCUT2D eigenvalue weighted by Crippen LogP contribution is -2.07. The predicted octanol–water partition coefficient (Wildman–Crippen LogP) is 4.40. The summed E-state index contributed by atoms with van der Waals surface area (Å²) in [6.45, 7) is 6.84. The normalized spacial score (nSPS) is 13.0. The number of hydrogen-bond donors (Lipinski definition) is 1. The van der Waals surface area contributed by atoms with Crippen LogP contribution in [0.3, 0.4) is 0 Å². The molecule has 0 spiro atoms. The van der Waals surface area contributed by atoms with Crippen molar-refractivity contribution in [2.24, 2.45) is 11.8 Å². The molecule has 1 rings (SSSR count). The van der Waals surface area contributed by atoms with Crippen molar-refractivity contribution in [2.45, 2.75) is 46.5 Å². The van der Waals surface area contributed by atoms with E-state index in [1.807, 2.05) is 12.1 Å². The van der Waals surface area contributed by atoms with Crippen LogP contribution in [0, 0.1) is 11.8 Å². The van der Waals surface area contributed by atoms with Crippen molar-refractivity contribution < 1.29 is 5.11 Å². The molecule has 0 saturated carbocycles. The van der Waals surface area contributed by atoms with Crippen LogP contribution < -0.4 is 0 Å². The van der Waals surface area contributed by atoms with Gasteiger partial charge in [0.1, 0.15) is 5.75 Å². The largest absolute Gasteiger partial charge is 0.508 e. The highest BCUT2D eigenvalue weighted by atomic mass is 16.3. The second-order valence-electron chi connectivity index (χ2n) is 5.15. The molecule has 0 fully saturated rings. The van der Waals surface area contributed by atoms with Crippen LogP contribution >= 0.6 is 0 Å². The summed E-state index contributed by atoms with van der Waals surface area (Å²) in [7, 11) is 0.